The third kappa shape index (κ3) is 5.55. The largest absolute Gasteiger partial charge is 0.394 e. The van der Waals surface area contributed by atoms with Crippen molar-refractivity contribution in [3.05, 3.63) is 0 Å². The molecule has 1 aliphatic carbocycles. The molecule has 0 aromatic heterocycles. The normalized spacial score (nSPS) is 21.8. The predicted octanol–water partition coefficient (Wildman–Crippen LogP) is 2.80. The molecular formula is C13H27NOS. The van der Waals surface area contributed by atoms with Crippen molar-refractivity contribution in [2.24, 2.45) is 0 Å². The van der Waals surface area contributed by atoms with Gasteiger partial charge in [0.15, 0.2) is 0 Å². The van der Waals surface area contributed by atoms with E-state index in [0.717, 1.165) is 6.42 Å². The van der Waals surface area contributed by atoms with E-state index in [1.807, 2.05) is 11.8 Å². The van der Waals surface area contributed by atoms with Crippen molar-refractivity contribution in [1.82, 2.24) is 5.32 Å². The Labute approximate surface area is 105 Å². The topological polar surface area (TPSA) is 32.3 Å². The van der Waals surface area contributed by atoms with Gasteiger partial charge < -0.3 is 10.4 Å². The van der Waals surface area contributed by atoms with Crippen LogP contribution in [0.2, 0.25) is 0 Å². The number of aliphatic hydroxyl groups excluding tert-OH is 1. The van der Waals surface area contributed by atoms with Crippen LogP contribution < -0.4 is 5.32 Å². The van der Waals surface area contributed by atoms with Gasteiger partial charge in [0.25, 0.3) is 0 Å². The van der Waals surface area contributed by atoms with Crippen molar-refractivity contribution in [3.8, 4) is 0 Å². The standard InChI is InChI=1S/C13H27NOS/c1-4-5-8-16-11(2)9-13(3,10-15)14-12-6-7-12/h11-12,14-15H,4-10H2,1-3H3. The molecule has 1 saturated carbocycles. The Morgan fingerprint density at radius 2 is 2.19 bits per heavy atom. The average molecular weight is 245 g/mol. The third-order valence-electron chi connectivity index (χ3n) is 3.12. The van der Waals surface area contributed by atoms with Crippen molar-refractivity contribution < 1.29 is 5.11 Å². The quantitative estimate of drug-likeness (QED) is 0.613. The van der Waals surface area contributed by atoms with E-state index in [9.17, 15) is 5.11 Å². The first-order valence-corrected chi connectivity index (χ1v) is 7.64. The summed E-state index contributed by atoms with van der Waals surface area (Å²) in [5, 5.41) is 13.7. The number of thioether (sulfide) groups is 1. The molecule has 0 radical (unpaired) electrons. The van der Waals surface area contributed by atoms with E-state index >= 15 is 0 Å². The smallest absolute Gasteiger partial charge is 0.0611 e. The maximum atomic E-state index is 9.51. The van der Waals surface area contributed by atoms with Gasteiger partial charge in [-0.05, 0) is 38.4 Å². The van der Waals surface area contributed by atoms with Crippen molar-refractivity contribution in [3.63, 3.8) is 0 Å². The number of nitrogens with one attached hydrogen (secondary N) is 1. The van der Waals surface area contributed by atoms with E-state index < -0.39 is 0 Å². The molecule has 0 aromatic rings. The maximum absolute atomic E-state index is 9.51. The van der Waals surface area contributed by atoms with Crippen molar-refractivity contribution in [2.45, 2.75) is 69.7 Å². The highest BCUT2D eigenvalue weighted by Gasteiger charge is 2.32. The average Bonchev–Trinajstić information content (AvgIpc) is 3.02. The lowest BCUT2D eigenvalue weighted by Crippen LogP contribution is -2.48. The Morgan fingerprint density at radius 1 is 1.50 bits per heavy atom. The lowest BCUT2D eigenvalue weighted by atomic mass is 9.97. The minimum absolute atomic E-state index is 0.0696. The summed E-state index contributed by atoms with van der Waals surface area (Å²) >= 11 is 2.04. The van der Waals surface area contributed by atoms with Gasteiger partial charge in [-0.25, -0.2) is 0 Å². The van der Waals surface area contributed by atoms with Gasteiger partial charge in [-0.3, -0.25) is 0 Å². The molecule has 2 nitrogen and oxygen atoms in total. The van der Waals surface area contributed by atoms with E-state index in [1.54, 1.807) is 0 Å². The van der Waals surface area contributed by atoms with E-state index in [-0.39, 0.29) is 12.1 Å². The molecule has 2 N–H and O–H groups in total. The lowest BCUT2D eigenvalue weighted by molar-refractivity contribution is 0.164. The van der Waals surface area contributed by atoms with Gasteiger partial charge in [0.2, 0.25) is 0 Å². The highest BCUT2D eigenvalue weighted by Crippen LogP contribution is 2.27. The summed E-state index contributed by atoms with van der Waals surface area (Å²) in [6, 6.07) is 0.671. The summed E-state index contributed by atoms with van der Waals surface area (Å²) in [7, 11) is 0. The summed E-state index contributed by atoms with van der Waals surface area (Å²) < 4.78 is 0. The molecule has 0 heterocycles. The Kier molecular flexibility index (Phi) is 6.16. The van der Waals surface area contributed by atoms with Gasteiger partial charge in [-0.15, -0.1) is 0 Å². The number of hydrogen-bond donors (Lipinski definition) is 2. The van der Waals surface area contributed by atoms with Crippen LogP contribution in [0.4, 0.5) is 0 Å². The SMILES string of the molecule is CCCCSC(C)CC(C)(CO)NC1CC1. The summed E-state index contributed by atoms with van der Waals surface area (Å²) in [4.78, 5) is 0. The van der Waals surface area contributed by atoms with Gasteiger partial charge in [0.1, 0.15) is 0 Å². The van der Waals surface area contributed by atoms with E-state index in [2.05, 4.69) is 26.1 Å². The molecule has 0 saturated heterocycles. The Hall–Kier alpha value is 0.270. The van der Waals surface area contributed by atoms with Crippen molar-refractivity contribution in [1.29, 1.82) is 0 Å². The van der Waals surface area contributed by atoms with Gasteiger partial charge in [-0.2, -0.15) is 11.8 Å². The second-order valence-electron chi connectivity index (χ2n) is 5.38. The van der Waals surface area contributed by atoms with Crippen LogP contribution in [0.3, 0.4) is 0 Å². The zero-order chi connectivity index (χ0) is 12.0. The molecule has 0 spiro atoms. The van der Waals surface area contributed by atoms with E-state index in [1.165, 1.54) is 31.4 Å². The molecular weight excluding hydrogens is 218 g/mol. The first kappa shape index (κ1) is 14.3. The van der Waals surface area contributed by atoms with Crippen LogP contribution >= 0.6 is 11.8 Å². The fourth-order valence-electron chi connectivity index (χ4n) is 2.01. The second-order valence-corrected chi connectivity index (χ2v) is 6.92. The van der Waals surface area contributed by atoms with Crippen LogP contribution in [0.1, 0.15) is 52.9 Å². The molecule has 96 valence electrons. The third-order valence-corrected chi connectivity index (χ3v) is 4.38. The highest BCUT2D eigenvalue weighted by atomic mass is 32.2. The Bertz CT molecular complexity index is 196. The number of hydrogen-bond acceptors (Lipinski definition) is 3. The minimum atomic E-state index is -0.0696. The van der Waals surface area contributed by atoms with Crippen molar-refractivity contribution >= 4 is 11.8 Å². The molecule has 0 amide bonds. The molecule has 3 heteroatoms. The minimum Gasteiger partial charge on any atom is -0.394 e. The molecule has 1 fully saturated rings. The zero-order valence-corrected chi connectivity index (χ0v) is 11.8. The van der Waals surface area contributed by atoms with Gasteiger partial charge in [-0.1, -0.05) is 20.3 Å². The van der Waals surface area contributed by atoms with E-state index in [0.29, 0.717) is 11.3 Å². The molecule has 16 heavy (non-hydrogen) atoms. The number of rotatable bonds is 9. The zero-order valence-electron chi connectivity index (χ0n) is 11.0. The van der Waals surface area contributed by atoms with Crippen LogP contribution in [0.5, 0.6) is 0 Å². The molecule has 1 aliphatic rings. The van der Waals surface area contributed by atoms with Crippen LogP contribution in [-0.2, 0) is 0 Å². The van der Waals surface area contributed by atoms with E-state index in [4.69, 9.17) is 0 Å². The first-order chi connectivity index (χ1) is 7.59. The fourth-order valence-corrected chi connectivity index (χ4v) is 3.36. The molecule has 1 rings (SSSR count). The Balaban J connectivity index is 2.23. The molecule has 0 aromatic carbocycles. The lowest BCUT2D eigenvalue weighted by Gasteiger charge is -2.31. The highest BCUT2D eigenvalue weighted by molar-refractivity contribution is 7.99. The predicted molar refractivity (Wildman–Crippen MR) is 73.1 cm³/mol. The molecule has 0 bridgehead atoms. The van der Waals surface area contributed by atoms with Gasteiger partial charge in [0, 0.05) is 16.8 Å². The fraction of sp³-hybridized carbons (Fsp3) is 1.00. The Morgan fingerprint density at radius 3 is 2.69 bits per heavy atom. The molecule has 0 aliphatic heterocycles. The molecule has 2 unspecified atom stereocenters. The van der Waals surface area contributed by atoms with Gasteiger partial charge in [0.05, 0.1) is 6.61 Å². The second kappa shape index (κ2) is 6.87. The summed E-state index contributed by atoms with van der Waals surface area (Å²) in [6.07, 6.45) is 6.21. The van der Waals surface area contributed by atoms with Crippen LogP contribution in [-0.4, -0.2) is 34.3 Å². The van der Waals surface area contributed by atoms with Crippen LogP contribution in [0, 0.1) is 0 Å². The van der Waals surface area contributed by atoms with Crippen LogP contribution in [0.25, 0.3) is 0 Å². The monoisotopic (exact) mass is 245 g/mol. The number of aliphatic hydroxyl groups is 1. The van der Waals surface area contributed by atoms with Crippen molar-refractivity contribution in [2.75, 3.05) is 12.4 Å². The summed E-state index contributed by atoms with van der Waals surface area (Å²) in [6.45, 7) is 6.92. The summed E-state index contributed by atoms with van der Waals surface area (Å²) in [5.41, 5.74) is -0.0696. The summed E-state index contributed by atoms with van der Waals surface area (Å²) in [5.74, 6) is 1.25. The molecule has 2 atom stereocenters. The maximum Gasteiger partial charge on any atom is 0.0611 e. The number of unbranched alkanes of at least 4 members (excludes halogenated alkanes) is 1. The van der Waals surface area contributed by atoms with Gasteiger partial charge >= 0.3 is 0 Å². The first-order valence-electron chi connectivity index (χ1n) is 6.60. The van der Waals surface area contributed by atoms with Crippen LogP contribution in [0.15, 0.2) is 0 Å².